The summed E-state index contributed by atoms with van der Waals surface area (Å²) in [6, 6.07) is 10.4. The van der Waals surface area contributed by atoms with Crippen molar-refractivity contribution >= 4 is 22.5 Å². The molecule has 0 spiro atoms. The number of rotatable bonds is 7. The lowest BCUT2D eigenvalue weighted by atomic mass is 10.0. The molecule has 0 unspecified atom stereocenters. The maximum atomic E-state index is 5.02. The van der Waals surface area contributed by atoms with Gasteiger partial charge in [0.2, 0.25) is 0 Å². The van der Waals surface area contributed by atoms with Crippen LogP contribution in [0.3, 0.4) is 0 Å². The van der Waals surface area contributed by atoms with Gasteiger partial charge in [0.1, 0.15) is 0 Å². The Kier molecular flexibility index (Phi) is 8.55. The highest BCUT2D eigenvalue weighted by atomic mass is 32.2. The van der Waals surface area contributed by atoms with E-state index in [-0.39, 0.29) is 0 Å². The first-order valence-corrected chi connectivity index (χ1v) is 7.78. The molecule has 0 aliphatic heterocycles. The van der Waals surface area contributed by atoms with E-state index in [0.29, 0.717) is 6.61 Å². The van der Waals surface area contributed by atoms with Crippen molar-refractivity contribution in [2.75, 3.05) is 27.3 Å². The average Bonchev–Trinajstić information content (AvgIpc) is 2.52. The smallest absolute Gasteiger partial charge is 0.160 e. The van der Waals surface area contributed by atoms with Crippen molar-refractivity contribution in [3.05, 3.63) is 53.5 Å². The van der Waals surface area contributed by atoms with E-state index in [1.54, 1.807) is 25.9 Å². The first-order chi connectivity index (χ1) is 10.2. The maximum Gasteiger partial charge on any atom is 0.160 e. The molecule has 1 aromatic carbocycles. The molecule has 0 heterocycles. The quantitative estimate of drug-likeness (QED) is 0.470. The second-order valence-corrected chi connectivity index (χ2v) is 5.61. The summed E-state index contributed by atoms with van der Waals surface area (Å²) in [6.07, 6.45) is 2.97. The first-order valence-electron chi connectivity index (χ1n) is 6.97. The summed E-state index contributed by atoms with van der Waals surface area (Å²) in [7, 11) is 3.47. The van der Waals surface area contributed by atoms with Crippen LogP contribution in [0.25, 0.3) is 5.57 Å². The predicted octanol–water partition coefficient (Wildman–Crippen LogP) is 3.95. The summed E-state index contributed by atoms with van der Waals surface area (Å²) >= 11 is 1.58. The molecule has 1 rings (SSSR count). The van der Waals surface area contributed by atoms with E-state index in [0.717, 1.165) is 23.0 Å². The second-order valence-electron chi connectivity index (χ2n) is 4.45. The molecule has 0 aromatic heterocycles. The summed E-state index contributed by atoms with van der Waals surface area (Å²) in [5, 5.41) is 4.12. The molecule has 1 aromatic rings. The van der Waals surface area contributed by atoms with Crippen LogP contribution in [0.2, 0.25) is 0 Å². The molecule has 0 amide bonds. The third kappa shape index (κ3) is 6.65. The molecule has 0 fully saturated rings. The molecule has 0 saturated heterocycles. The summed E-state index contributed by atoms with van der Waals surface area (Å²) in [5.41, 5.74) is 2.52. The van der Waals surface area contributed by atoms with E-state index >= 15 is 0 Å². The molecule has 0 saturated carbocycles. The van der Waals surface area contributed by atoms with Gasteiger partial charge in [-0.25, -0.2) is 0 Å². The molecule has 1 N–H and O–H groups in total. The van der Waals surface area contributed by atoms with Crippen LogP contribution in [0.15, 0.2) is 52.9 Å². The monoisotopic (exact) mass is 304 g/mol. The van der Waals surface area contributed by atoms with Crippen molar-refractivity contribution in [3.8, 4) is 0 Å². The van der Waals surface area contributed by atoms with Gasteiger partial charge >= 0.3 is 0 Å². The highest BCUT2D eigenvalue weighted by molar-refractivity contribution is 8.17. The Morgan fingerprint density at radius 1 is 1.38 bits per heavy atom. The van der Waals surface area contributed by atoms with Crippen LogP contribution in [0.5, 0.6) is 0 Å². The highest BCUT2D eigenvalue weighted by Gasteiger charge is 2.07. The maximum absolute atomic E-state index is 5.02. The molecule has 4 heteroatoms. The highest BCUT2D eigenvalue weighted by Crippen LogP contribution is 2.28. The number of aliphatic imine (C=N–C) groups is 1. The third-order valence-electron chi connectivity index (χ3n) is 2.91. The number of benzene rings is 1. The minimum atomic E-state index is 0.663. The van der Waals surface area contributed by atoms with E-state index in [1.165, 1.54) is 11.1 Å². The number of thioether (sulfide) groups is 1. The van der Waals surface area contributed by atoms with Crippen molar-refractivity contribution in [2.45, 2.75) is 13.3 Å². The molecule has 0 aliphatic rings. The Morgan fingerprint density at radius 2 is 2.10 bits per heavy atom. The van der Waals surface area contributed by atoms with Crippen LogP contribution in [-0.2, 0) is 4.74 Å². The van der Waals surface area contributed by atoms with Gasteiger partial charge in [-0.1, -0.05) is 54.7 Å². The van der Waals surface area contributed by atoms with Gasteiger partial charge in [-0.15, -0.1) is 0 Å². The number of nitrogens with zero attached hydrogens (tertiary/aromatic N) is 1. The van der Waals surface area contributed by atoms with Crippen molar-refractivity contribution in [2.24, 2.45) is 4.99 Å². The Morgan fingerprint density at radius 3 is 2.67 bits per heavy atom. The van der Waals surface area contributed by atoms with Crippen molar-refractivity contribution in [1.82, 2.24) is 5.32 Å². The third-order valence-corrected chi connectivity index (χ3v) is 3.86. The largest absolute Gasteiger partial charge is 0.383 e. The predicted molar refractivity (Wildman–Crippen MR) is 94.7 cm³/mol. The lowest BCUT2D eigenvalue weighted by molar-refractivity contribution is 0.204. The Balaban J connectivity index is 2.55. The zero-order chi connectivity index (χ0) is 15.5. The fourth-order valence-electron chi connectivity index (χ4n) is 1.83. The lowest BCUT2D eigenvalue weighted by Crippen LogP contribution is -2.24. The van der Waals surface area contributed by atoms with Gasteiger partial charge < -0.3 is 10.1 Å². The van der Waals surface area contributed by atoms with Gasteiger partial charge in [0.15, 0.2) is 5.17 Å². The molecule has 0 aliphatic carbocycles. The van der Waals surface area contributed by atoms with Crippen molar-refractivity contribution in [1.29, 1.82) is 0 Å². The second kappa shape index (κ2) is 10.2. The first kappa shape index (κ1) is 17.5. The zero-order valence-corrected chi connectivity index (χ0v) is 13.9. The summed E-state index contributed by atoms with van der Waals surface area (Å²) in [4.78, 5) is 5.31. The minimum Gasteiger partial charge on any atom is -0.383 e. The number of nitrogens with one attached hydrogen (secondary N) is 1. The molecule has 0 bridgehead atoms. The van der Waals surface area contributed by atoms with Crippen molar-refractivity contribution < 1.29 is 4.74 Å². The van der Waals surface area contributed by atoms with E-state index in [4.69, 9.17) is 4.74 Å². The summed E-state index contributed by atoms with van der Waals surface area (Å²) < 4.78 is 5.02. The Bertz CT molecular complexity index is 495. The van der Waals surface area contributed by atoms with Crippen molar-refractivity contribution in [3.63, 3.8) is 0 Å². The van der Waals surface area contributed by atoms with Gasteiger partial charge in [-0.2, -0.15) is 0 Å². The van der Waals surface area contributed by atoms with Crippen LogP contribution in [-0.4, -0.2) is 32.5 Å². The lowest BCUT2D eigenvalue weighted by Gasteiger charge is -2.12. The van der Waals surface area contributed by atoms with Gasteiger partial charge in [0.05, 0.1) is 6.61 Å². The van der Waals surface area contributed by atoms with Crippen LogP contribution < -0.4 is 5.32 Å². The molecular formula is C17H24N2OS. The van der Waals surface area contributed by atoms with E-state index < -0.39 is 0 Å². The molecule has 3 nitrogen and oxygen atoms in total. The van der Waals surface area contributed by atoms with Crippen LogP contribution in [0, 0.1) is 0 Å². The Hall–Kier alpha value is -1.52. The Labute approximate surface area is 132 Å². The number of ether oxygens (including phenoxy) is 1. The van der Waals surface area contributed by atoms with Gasteiger partial charge in [0.25, 0.3) is 0 Å². The number of hydrogen-bond donors (Lipinski definition) is 1. The fourth-order valence-corrected chi connectivity index (χ4v) is 2.60. The van der Waals surface area contributed by atoms with Crippen LogP contribution in [0.1, 0.15) is 18.9 Å². The topological polar surface area (TPSA) is 33.6 Å². The summed E-state index contributed by atoms with van der Waals surface area (Å²) in [6.45, 7) is 7.63. The number of methoxy groups -OCH3 is 1. The fraction of sp³-hybridized carbons (Fsp3) is 0.353. The van der Waals surface area contributed by atoms with E-state index in [9.17, 15) is 0 Å². The summed E-state index contributed by atoms with van der Waals surface area (Å²) in [5.74, 6) is 0. The van der Waals surface area contributed by atoms with Gasteiger partial charge in [0, 0.05) is 27.1 Å². The zero-order valence-electron chi connectivity index (χ0n) is 13.1. The number of amidine groups is 1. The molecule has 0 atom stereocenters. The average molecular weight is 304 g/mol. The standard InChI is InChI=1S/C17H24N2OS/c1-5-15(16-9-7-6-8-10-16)13-14(2)21-17(18-3)19-11-12-20-4/h5-10H,2,11-13H2,1,3-4H3,(H,18,19)/b15-5+. The molecule has 21 heavy (non-hydrogen) atoms. The van der Waals surface area contributed by atoms with E-state index in [1.807, 2.05) is 6.07 Å². The van der Waals surface area contributed by atoms with Gasteiger partial charge in [-0.3, -0.25) is 4.99 Å². The molecular weight excluding hydrogens is 280 g/mol. The van der Waals surface area contributed by atoms with E-state index in [2.05, 4.69) is 54.2 Å². The van der Waals surface area contributed by atoms with Crippen LogP contribution >= 0.6 is 11.8 Å². The van der Waals surface area contributed by atoms with Crippen LogP contribution in [0.4, 0.5) is 0 Å². The normalized spacial score (nSPS) is 12.3. The molecule has 0 radical (unpaired) electrons. The minimum absolute atomic E-state index is 0.663. The number of hydrogen-bond acceptors (Lipinski definition) is 3. The van der Waals surface area contributed by atoms with Gasteiger partial charge in [-0.05, 0) is 23.0 Å². The molecule has 114 valence electrons. The SMILES string of the molecule is C=C(C/C(=C\C)c1ccccc1)SC(=NC)NCCOC. The number of allylic oxidation sites excluding steroid dienone is 3.